The molecule has 2 heterocycles. The summed E-state index contributed by atoms with van der Waals surface area (Å²) in [6.45, 7) is 2.38. The molecule has 0 bridgehead atoms. The van der Waals surface area contributed by atoms with Crippen LogP contribution in [0.4, 0.5) is 0 Å². The highest BCUT2D eigenvalue weighted by Gasteiger charge is 2.33. The van der Waals surface area contributed by atoms with Crippen LogP contribution in [0.3, 0.4) is 0 Å². The highest BCUT2D eigenvalue weighted by atomic mass is 35.5. The van der Waals surface area contributed by atoms with Crippen molar-refractivity contribution in [2.24, 2.45) is 0 Å². The Morgan fingerprint density at radius 2 is 1.90 bits per heavy atom. The van der Waals surface area contributed by atoms with Gasteiger partial charge in [-0.15, -0.1) is 5.10 Å². The number of rotatable bonds is 4. The zero-order valence-electron chi connectivity index (χ0n) is 16.4. The van der Waals surface area contributed by atoms with Crippen LogP contribution in [0.1, 0.15) is 35.2 Å². The molecule has 1 fully saturated rings. The monoisotopic (exact) mass is 441 g/mol. The molecular weight excluding hydrogens is 422 g/mol. The number of para-hydroxylation sites is 1. The minimum atomic E-state index is -0.433. The Morgan fingerprint density at radius 1 is 1.13 bits per heavy atom. The molecule has 154 valence electrons. The van der Waals surface area contributed by atoms with Gasteiger partial charge in [0.25, 0.3) is 5.91 Å². The molecule has 2 amide bonds. The number of imide groups is 1. The van der Waals surface area contributed by atoms with E-state index in [0.29, 0.717) is 28.7 Å². The lowest BCUT2D eigenvalue weighted by molar-refractivity contribution is -0.127. The van der Waals surface area contributed by atoms with E-state index < -0.39 is 5.25 Å². The van der Waals surface area contributed by atoms with Crippen molar-refractivity contribution in [1.82, 2.24) is 25.1 Å². The molecule has 1 atom stereocenters. The van der Waals surface area contributed by atoms with Crippen LogP contribution in [0, 0.1) is 6.92 Å². The molecule has 30 heavy (non-hydrogen) atoms. The van der Waals surface area contributed by atoms with Crippen LogP contribution in [0.2, 0.25) is 5.02 Å². The maximum absolute atomic E-state index is 13.2. The number of tetrazole rings is 1. The van der Waals surface area contributed by atoms with Gasteiger partial charge >= 0.3 is 0 Å². The van der Waals surface area contributed by atoms with Gasteiger partial charge in [-0.1, -0.05) is 48.0 Å². The molecule has 0 N–H and O–H groups in total. The maximum atomic E-state index is 13.2. The molecule has 9 heteroatoms. The van der Waals surface area contributed by atoms with Crippen molar-refractivity contribution < 1.29 is 9.59 Å². The van der Waals surface area contributed by atoms with Crippen molar-refractivity contribution in [3.63, 3.8) is 0 Å². The summed E-state index contributed by atoms with van der Waals surface area (Å²) >= 11 is 7.22. The van der Waals surface area contributed by atoms with E-state index in [1.165, 1.54) is 16.7 Å². The standard InChI is InChI=1S/C21H20ClN5O2S/c1-14-6-2-3-7-17(14)27-21(23-24-25-27)30-18-8-4-5-13-26(20(18)29)19(28)15-9-11-16(22)12-10-15/h2-3,6-7,9-12,18H,4-5,8,13H2,1H3/t18-/m0/s1. The molecule has 3 aromatic rings. The van der Waals surface area contributed by atoms with Crippen LogP contribution < -0.4 is 0 Å². The van der Waals surface area contributed by atoms with Crippen LogP contribution in [0.15, 0.2) is 53.7 Å². The summed E-state index contributed by atoms with van der Waals surface area (Å²) in [5.41, 5.74) is 2.33. The molecule has 1 aliphatic heterocycles. The van der Waals surface area contributed by atoms with E-state index in [0.717, 1.165) is 24.1 Å². The summed E-state index contributed by atoms with van der Waals surface area (Å²) < 4.78 is 1.64. The third-order valence-corrected chi connectivity index (χ3v) is 6.45. The summed E-state index contributed by atoms with van der Waals surface area (Å²) in [4.78, 5) is 27.6. The van der Waals surface area contributed by atoms with E-state index in [1.54, 1.807) is 28.9 Å². The Bertz CT molecular complexity index is 1070. The molecule has 7 nitrogen and oxygen atoms in total. The number of halogens is 1. The lowest BCUT2D eigenvalue weighted by Gasteiger charge is -2.22. The second-order valence-electron chi connectivity index (χ2n) is 7.06. The Morgan fingerprint density at radius 3 is 2.67 bits per heavy atom. The van der Waals surface area contributed by atoms with Crippen LogP contribution in [0.25, 0.3) is 5.69 Å². The van der Waals surface area contributed by atoms with Gasteiger partial charge in [-0.2, -0.15) is 4.68 Å². The van der Waals surface area contributed by atoms with Crippen molar-refractivity contribution in [1.29, 1.82) is 0 Å². The smallest absolute Gasteiger partial charge is 0.260 e. The fourth-order valence-corrected chi connectivity index (χ4v) is 4.61. The fraction of sp³-hybridized carbons (Fsp3) is 0.286. The van der Waals surface area contributed by atoms with Gasteiger partial charge in [0.15, 0.2) is 0 Å². The molecule has 1 aromatic heterocycles. The zero-order valence-corrected chi connectivity index (χ0v) is 17.9. The Balaban J connectivity index is 1.57. The number of carbonyl (C=O) groups is 2. The molecule has 0 spiro atoms. The van der Waals surface area contributed by atoms with Gasteiger partial charge in [-0.3, -0.25) is 14.5 Å². The number of carbonyl (C=O) groups excluding carboxylic acids is 2. The number of thioether (sulfide) groups is 1. The number of nitrogens with zero attached hydrogens (tertiary/aromatic N) is 5. The number of hydrogen-bond donors (Lipinski definition) is 0. The summed E-state index contributed by atoms with van der Waals surface area (Å²) in [6.07, 6.45) is 2.28. The lowest BCUT2D eigenvalue weighted by atomic mass is 10.2. The van der Waals surface area contributed by atoms with Gasteiger partial charge < -0.3 is 0 Å². The molecule has 0 aliphatic carbocycles. The molecule has 1 aliphatic rings. The van der Waals surface area contributed by atoms with Gasteiger partial charge in [0.2, 0.25) is 11.1 Å². The van der Waals surface area contributed by atoms with Crippen molar-refractivity contribution in [2.45, 2.75) is 36.6 Å². The third-order valence-electron chi connectivity index (χ3n) is 5.01. The quantitative estimate of drug-likeness (QED) is 0.570. The van der Waals surface area contributed by atoms with Gasteiger partial charge in [0.05, 0.1) is 10.9 Å². The lowest BCUT2D eigenvalue weighted by Crippen LogP contribution is -2.41. The van der Waals surface area contributed by atoms with E-state index in [9.17, 15) is 9.59 Å². The second kappa shape index (κ2) is 8.97. The first-order valence-electron chi connectivity index (χ1n) is 9.67. The number of benzene rings is 2. The van der Waals surface area contributed by atoms with Crippen LogP contribution in [-0.4, -0.2) is 48.7 Å². The molecule has 0 unspecified atom stereocenters. The third kappa shape index (κ3) is 4.24. The van der Waals surface area contributed by atoms with Gasteiger partial charge in [0.1, 0.15) is 0 Å². The molecule has 0 saturated carbocycles. The predicted octanol–water partition coefficient (Wildman–Crippen LogP) is 3.94. The summed E-state index contributed by atoms with van der Waals surface area (Å²) in [6, 6.07) is 14.4. The van der Waals surface area contributed by atoms with Crippen LogP contribution in [0.5, 0.6) is 0 Å². The number of aryl methyl sites for hydroxylation is 1. The first kappa shape index (κ1) is 20.6. The Hall–Kier alpha value is -2.71. The number of amides is 2. The largest absolute Gasteiger partial charge is 0.278 e. The van der Waals surface area contributed by atoms with Crippen molar-refractivity contribution in [3.8, 4) is 5.69 Å². The van der Waals surface area contributed by atoms with Crippen molar-refractivity contribution in [3.05, 3.63) is 64.7 Å². The SMILES string of the molecule is Cc1ccccc1-n1nnnc1S[C@H]1CCCCN(C(=O)c2ccc(Cl)cc2)C1=O. The van der Waals surface area contributed by atoms with E-state index in [1.807, 2.05) is 31.2 Å². The molecule has 2 aromatic carbocycles. The minimum absolute atomic E-state index is 0.211. The first-order chi connectivity index (χ1) is 14.5. The molecule has 1 saturated heterocycles. The average molecular weight is 442 g/mol. The number of likely N-dealkylation sites (tertiary alicyclic amines) is 1. The highest BCUT2D eigenvalue weighted by Crippen LogP contribution is 2.31. The summed E-state index contributed by atoms with van der Waals surface area (Å²) in [5, 5.41) is 12.7. The van der Waals surface area contributed by atoms with Gasteiger partial charge in [-0.05, 0) is 66.1 Å². The molecule has 4 rings (SSSR count). The van der Waals surface area contributed by atoms with E-state index >= 15 is 0 Å². The van der Waals surface area contributed by atoms with Crippen molar-refractivity contribution >= 4 is 35.2 Å². The topological polar surface area (TPSA) is 81.0 Å². The van der Waals surface area contributed by atoms with E-state index in [-0.39, 0.29) is 11.8 Å². The highest BCUT2D eigenvalue weighted by molar-refractivity contribution is 8.00. The van der Waals surface area contributed by atoms with E-state index in [2.05, 4.69) is 15.5 Å². The Labute approximate surface area is 183 Å². The normalized spacial score (nSPS) is 17.1. The van der Waals surface area contributed by atoms with Gasteiger partial charge in [0, 0.05) is 17.1 Å². The minimum Gasteiger partial charge on any atom is -0.278 e. The Kier molecular flexibility index (Phi) is 6.15. The predicted molar refractivity (Wildman–Crippen MR) is 115 cm³/mol. The maximum Gasteiger partial charge on any atom is 0.260 e. The molecular formula is C21H20ClN5O2S. The number of hydrogen-bond acceptors (Lipinski definition) is 6. The summed E-state index contributed by atoms with van der Waals surface area (Å²) in [7, 11) is 0. The second-order valence-corrected chi connectivity index (χ2v) is 8.67. The van der Waals surface area contributed by atoms with Gasteiger partial charge in [-0.25, -0.2) is 0 Å². The first-order valence-corrected chi connectivity index (χ1v) is 10.9. The average Bonchev–Trinajstić information content (AvgIpc) is 3.12. The summed E-state index contributed by atoms with van der Waals surface area (Å²) in [5.74, 6) is -0.514. The molecule has 0 radical (unpaired) electrons. The van der Waals surface area contributed by atoms with Crippen LogP contribution >= 0.6 is 23.4 Å². The number of aromatic nitrogens is 4. The van der Waals surface area contributed by atoms with Crippen LogP contribution in [-0.2, 0) is 4.79 Å². The van der Waals surface area contributed by atoms with Crippen molar-refractivity contribution in [2.75, 3.05) is 6.54 Å². The zero-order chi connectivity index (χ0) is 21.1. The van der Waals surface area contributed by atoms with E-state index in [4.69, 9.17) is 11.6 Å². The fourth-order valence-electron chi connectivity index (χ4n) is 3.40.